The molecule has 1 aliphatic heterocycles. The van der Waals surface area contributed by atoms with Crippen LogP contribution in [0.5, 0.6) is 0 Å². The van der Waals surface area contributed by atoms with Crippen molar-refractivity contribution in [3.63, 3.8) is 0 Å². The van der Waals surface area contributed by atoms with Gasteiger partial charge in [0, 0.05) is 13.1 Å². The van der Waals surface area contributed by atoms with Crippen LogP contribution in [0.1, 0.15) is 41.5 Å². The van der Waals surface area contributed by atoms with Crippen LogP contribution in [0.15, 0.2) is 24.3 Å². The fraction of sp³-hybridized carbons (Fsp3) is 0.421. The Labute approximate surface area is 168 Å². The maximum absolute atomic E-state index is 12.2. The number of amides is 5. The molecule has 0 spiro atoms. The van der Waals surface area contributed by atoms with Crippen LogP contribution in [-0.4, -0.2) is 66.4 Å². The summed E-state index contributed by atoms with van der Waals surface area (Å²) in [5.41, 5.74) is -0.116. The molecule has 0 aromatic heterocycles. The fourth-order valence-electron chi connectivity index (χ4n) is 2.52. The predicted molar refractivity (Wildman–Crippen MR) is 102 cm³/mol. The zero-order valence-corrected chi connectivity index (χ0v) is 16.5. The average molecular weight is 404 g/mol. The molecule has 0 aliphatic carbocycles. The number of ether oxygens (including phenoxy) is 1. The summed E-state index contributed by atoms with van der Waals surface area (Å²) >= 11 is 0. The van der Waals surface area contributed by atoms with Crippen molar-refractivity contribution in [2.75, 3.05) is 26.2 Å². The number of nitrogens with zero attached hydrogens (tertiary/aromatic N) is 1. The van der Waals surface area contributed by atoms with Gasteiger partial charge in [-0.3, -0.25) is 24.1 Å². The Bertz CT molecular complexity index is 795. The Morgan fingerprint density at radius 3 is 1.93 bits per heavy atom. The Morgan fingerprint density at radius 2 is 1.41 bits per heavy atom. The van der Waals surface area contributed by atoms with Gasteiger partial charge in [0.15, 0.2) is 0 Å². The van der Waals surface area contributed by atoms with Crippen LogP contribution in [0.4, 0.5) is 4.79 Å². The molecule has 1 aromatic carbocycles. The van der Waals surface area contributed by atoms with E-state index in [4.69, 9.17) is 4.74 Å². The number of alkyl carbamates (subject to hydrolysis) is 1. The Hall–Kier alpha value is -3.43. The molecular weight excluding hydrogens is 380 g/mol. The molecule has 10 nitrogen and oxygen atoms in total. The number of imide groups is 1. The number of rotatable bonds is 7. The minimum atomic E-state index is -0.707. The number of fused-ring (bicyclic) bond motifs is 1. The van der Waals surface area contributed by atoms with Gasteiger partial charge in [-0.25, -0.2) is 4.79 Å². The maximum Gasteiger partial charge on any atom is 0.408 e. The highest BCUT2D eigenvalue weighted by Gasteiger charge is 2.36. The highest BCUT2D eigenvalue weighted by Crippen LogP contribution is 2.21. The van der Waals surface area contributed by atoms with Gasteiger partial charge in [-0.15, -0.1) is 0 Å². The lowest BCUT2D eigenvalue weighted by Gasteiger charge is -2.19. The van der Waals surface area contributed by atoms with Gasteiger partial charge in [0.25, 0.3) is 11.8 Å². The van der Waals surface area contributed by atoms with Gasteiger partial charge >= 0.3 is 6.09 Å². The van der Waals surface area contributed by atoms with Crippen molar-refractivity contribution >= 4 is 29.7 Å². The predicted octanol–water partition coefficient (Wildman–Crippen LogP) is 0.0397. The molecule has 10 heteroatoms. The van der Waals surface area contributed by atoms with E-state index in [1.807, 2.05) is 0 Å². The Morgan fingerprint density at radius 1 is 0.897 bits per heavy atom. The third-order valence-electron chi connectivity index (χ3n) is 3.74. The molecule has 0 unspecified atom stereocenters. The molecule has 0 saturated carbocycles. The molecule has 156 valence electrons. The first-order valence-corrected chi connectivity index (χ1v) is 9.04. The second kappa shape index (κ2) is 9.18. The van der Waals surface area contributed by atoms with Crippen molar-refractivity contribution in [3.8, 4) is 0 Å². The third-order valence-corrected chi connectivity index (χ3v) is 3.74. The number of hydrogen-bond acceptors (Lipinski definition) is 6. The molecule has 0 radical (unpaired) electrons. The molecule has 0 fully saturated rings. The van der Waals surface area contributed by atoms with Crippen LogP contribution in [0.3, 0.4) is 0 Å². The smallest absolute Gasteiger partial charge is 0.408 e. The van der Waals surface area contributed by atoms with Crippen molar-refractivity contribution in [1.82, 2.24) is 20.9 Å². The first-order valence-electron chi connectivity index (χ1n) is 9.04. The second-order valence-corrected chi connectivity index (χ2v) is 7.30. The number of carbonyl (C=O) groups is 5. The fourth-order valence-corrected chi connectivity index (χ4v) is 2.52. The maximum atomic E-state index is 12.2. The number of nitrogens with one attached hydrogen (secondary N) is 3. The molecule has 2 rings (SSSR count). The van der Waals surface area contributed by atoms with Crippen molar-refractivity contribution in [1.29, 1.82) is 0 Å². The summed E-state index contributed by atoms with van der Waals surface area (Å²) in [7, 11) is 0. The van der Waals surface area contributed by atoms with Crippen LogP contribution in [-0.2, 0) is 14.3 Å². The standard InChI is InChI=1S/C19H24N4O6/c1-19(2,3)29-18(28)22-10-14(24)20-8-9-21-15(25)11-23-16(26)12-6-4-5-7-13(12)17(23)27/h4-7H,8-11H2,1-3H3,(H,20,24)(H,21,25)(H,22,28). The summed E-state index contributed by atoms with van der Waals surface area (Å²) in [6, 6.07) is 6.37. The van der Waals surface area contributed by atoms with E-state index in [0.29, 0.717) is 0 Å². The van der Waals surface area contributed by atoms with E-state index >= 15 is 0 Å². The van der Waals surface area contributed by atoms with Crippen LogP contribution in [0, 0.1) is 0 Å². The van der Waals surface area contributed by atoms with Gasteiger partial charge in [0.2, 0.25) is 11.8 Å². The van der Waals surface area contributed by atoms with Crippen LogP contribution in [0.2, 0.25) is 0 Å². The summed E-state index contributed by atoms with van der Waals surface area (Å²) in [5, 5.41) is 7.34. The minimum Gasteiger partial charge on any atom is -0.444 e. The van der Waals surface area contributed by atoms with E-state index < -0.39 is 41.9 Å². The molecule has 1 aromatic rings. The molecule has 0 bridgehead atoms. The topological polar surface area (TPSA) is 134 Å². The van der Waals surface area contributed by atoms with E-state index in [1.165, 1.54) is 12.1 Å². The first kappa shape index (κ1) is 21.9. The number of carbonyl (C=O) groups excluding carboxylic acids is 5. The monoisotopic (exact) mass is 404 g/mol. The average Bonchev–Trinajstić information content (AvgIpc) is 2.87. The Kier molecular flexibility index (Phi) is 6.92. The molecular formula is C19H24N4O6. The summed E-state index contributed by atoms with van der Waals surface area (Å²) in [4.78, 5) is 60.4. The van der Waals surface area contributed by atoms with E-state index in [9.17, 15) is 24.0 Å². The number of benzene rings is 1. The highest BCUT2D eigenvalue weighted by atomic mass is 16.6. The number of hydrogen-bond donors (Lipinski definition) is 3. The lowest BCUT2D eigenvalue weighted by Crippen LogP contribution is -2.44. The molecule has 0 saturated heterocycles. The van der Waals surface area contributed by atoms with E-state index in [-0.39, 0.29) is 30.8 Å². The molecule has 5 amide bonds. The van der Waals surface area contributed by atoms with E-state index in [1.54, 1.807) is 32.9 Å². The van der Waals surface area contributed by atoms with Crippen molar-refractivity contribution in [3.05, 3.63) is 35.4 Å². The lowest BCUT2D eigenvalue weighted by molar-refractivity contribution is -0.122. The van der Waals surface area contributed by atoms with E-state index in [0.717, 1.165) is 4.90 Å². The third kappa shape index (κ3) is 6.30. The van der Waals surface area contributed by atoms with Gasteiger partial charge in [0.05, 0.1) is 17.7 Å². The second-order valence-electron chi connectivity index (χ2n) is 7.30. The quantitative estimate of drug-likeness (QED) is 0.434. The van der Waals surface area contributed by atoms with Gasteiger partial charge in [-0.2, -0.15) is 0 Å². The zero-order valence-electron chi connectivity index (χ0n) is 16.5. The zero-order chi connectivity index (χ0) is 21.6. The van der Waals surface area contributed by atoms with Crippen molar-refractivity contribution in [2.24, 2.45) is 0 Å². The van der Waals surface area contributed by atoms with Crippen LogP contribution in [0.25, 0.3) is 0 Å². The SMILES string of the molecule is CC(C)(C)OC(=O)NCC(=O)NCCNC(=O)CN1C(=O)c2ccccc2C1=O. The largest absolute Gasteiger partial charge is 0.444 e. The minimum absolute atomic E-state index is 0.0974. The highest BCUT2D eigenvalue weighted by molar-refractivity contribution is 6.22. The Balaban J connectivity index is 1.65. The van der Waals surface area contributed by atoms with Crippen molar-refractivity contribution < 1.29 is 28.7 Å². The summed E-state index contributed by atoms with van der Waals surface area (Å²) in [5.74, 6) is -2.00. The van der Waals surface area contributed by atoms with Crippen molar-refractivity contribution in [2.45, 2.75) is 26.4 Å². The first-order chi connectivity index (χ1) is 13.6. The van der Waals surface area contributed by atoms with Crippen LogP contribution < -0.4 is 16.0 Å². The van der Waals surface area contributed by atoms with Crippen LogP contribution >= 0.6 is 0 Å². The molecule has 1 aliphatic rings. The summed E-state index contributed by atoms with van der Waals surface area (Å²) in [6.07, 6.45) is -0.707. The summed E-state index contributed by atoms with van der Waals surface area (Å²) in [6.45, 7) is 4.66. The lowest BCUT2D eigenvalue weighted by atomic mass is 10.1. The summed E-state index contributed by atoms with van der Waals surface area (Å²) < 4.78 is 5.00. The van der Waals surface area contributed by atoms with Gasteiger partial charge in [-0.1, -0.05) is 12.1 Å². The van der Waals surface area contributed by atoms with E-state index in [2.05, 4.69) is 16.0 Å². The van der Waals surface area contributed by atoms with Gasteiger partial charge in [-0.05, 0) is 32.9 Å². The molecule has 3 N–H and O–H groups in total. The van der Waals surface area contributed by atoms with Gasteiger partial charge < -0.3 is 20.7 Å². The normalized spacial score (nSPS) is 13.0. The molecule has 29 heavy (non-hydrogen) atoms. The van der Waals surface area contributed by atoms with Gasteiger partial charge in [0.1, 0.15) is 12.1 Å². The molecule has 1 heterocycles. The molecule has 0 atom stereocenters.